The summed E-state index contributed by atoms with van der Waals surface area (Å²) < 4.78 is 35.6. The molecule has 6 nitrogen and oxygen atoms in total. The highest BCUT2D eigenvalue weighted by Crippen LogP contribution is 2.38. The highest BCUT2D eigenvalue weighted by atomic mass is 31.2. The lowest BCUT2D eigenvalue weighted by atomic mass is 10.0. The fourth-order valence-corrected chi connectivity index (χ4v) is 5.05. The van der Waals surface area contributed by atoms with Crippen LogP contribution in [0.15, 0.2) is 18.2 Å². The summed E-state index contributed by atoms with van der Waals surface area (Å²) in [6, 6.07) is 5.99. The molecule has 0 spiro atoms. The minimum atomic E-state index is -4.64. The van der Waals surface area contributed by atoms with E-state index in [0.717, 1.165) is 25.3 Å². The minimum Gasteiger partial charge on any atom is -0.374 e. The van der Waals surface area contributed by atoms with Crippen molar-refractivity contribution >= 4 is 7.82 Å². The van der Waals surface area contributed by atoms with Crippen molar-refractivity contribution in [2.75, 3.05) is 6.61 Å². The third kappa shape index (κ3) is 19.4. The summed E-state index contributed by atoms with van der Waals surface area (Å²) in [6.07, 6.45) is 21.3. The second kappa shape index (κ2) is 21.6. The quantitative estimate of drug-likeness (QED) is 0.100. The Morgan fingerprint density at radius 1 is 0.865 bits per heavy atom. The Morgan fingerprint density at radius 3 is 1.78 bits per heavy atom. The maximum absolute atomic E-state index is 14.0. The summed E-state index contributed by atoms with van der Waals surface area (Å²) in [4.78, 5) is 18.4. The van der Waals surface area contributed by atoms with Gasteiger partial charge in [-0.2, -0.15) is 5.26 Å². The second-order valence-electron chi connectivity index (χ2n) is 10.1. The first kappa shape index (κ1) is 33.7. The van der Waals surface area contributed by atoms with Crippen LogP contribution in [0, 0.1) is 17.1 Å². The van der Waals surface area contributed by atoms with Gasteiger partial charge >= 0.3 is 7.82 Å². The van der Waals surface area contributed by atoms with Gasteiger partial charge in [-0.25, -0.2) is 8.96 Å². The molecular weight excluding hydrogens is 492 g/mol. The number of nitrogens with zero attached hydrogens (tertiary/aromatic N) is 1. The Kier molecular flexibility index (Phi) is 19.7. The lowest BCUT2D eigenvalue weighted by molar-refractivity contribution is 0.0201. The van der Waals surface area contributed by atoms with Crippen molar-refractivity contribution in [2.24, 2.45) is 0 Å². The normalized spacial score (nSPS) is 12.5. The lowest BCUT2D eigenvalue weighted by Gasteiger charge is -2.18. The SMILES string of the molecule is CCCCCCCCCCCCCCCCCCC[C@H](COCc1ccc(C#N)cc1F)OP(=O)(O)O. The molecule has 1 rings (SSSR count). The van der Waals surface area contributed by atoms with Crippen LogP contribution in [0.5, 0.6) is 0 Å². The molecule has 0 aromatic heterocycles. The van der Waals surface area contributed by atoms with Crippen LogP contribution < -0.4 is 0 Å². The van der Waals surface area contributed by atoms with E-state index in [0.29, 0.717) is 6.42 Å². The van der Waals surface area contributed by atoms with E-state index in [1.54, 1.807) is 0 Å². The number of phosphoric ester groups is 1. The van der Waals surface area contributed by atoms with Crippen LogP contribution in [-0.2, 0) is 20.4 Å². The average molecular weight is 542 g/mol. The summed E-state index contributed by atoms with van der Waals surface area (Å²) in [5, 5.41) is 8.81. The maximum Gasteiger partial charge on any atom is 0.469 e. The summed E-state index contributed by atoms with van der Waals surface area (Å²) in [5.74, 6) is -0.542. The van der Waals surface area contributed by atoms with Crippen LogP contribution in [0.1, 0.15) is 134 Å². The monoisotopic (exact) mass is 541 g/mol. The molecule has 0 radical (unpaired) electrons. The number of hydrogen-bond acceptors (Lipinski definition) is 4. The minimum absolute atomic E-state index is 0.0383. The van der Waals surface area contributed by atoms with Gasteiger partial charge in [0.2, 0.25) is 0 Å². The van der Waals surface area contributed by atoms with Gasteiger partial charge in [-0.1, -0.05) is 122 Å². The van der Waals surface area contributed by atoms with Crippen molar-refractivity contribution < 1.29 is 28.0 Å². The van der Waals surface area contributed by atoms with E-state index in [2.05, 4.69) is 6.92 Å². The standard InChI is InChI=1S/C29H49FNO5P/c1-2-3-4-5-6-7-8-9-10-11-12-13-14-15-16-17-18-19-28(36-37(32,33)34)25-35-24-27-21-20-26(23-31)22-29(27)30/h20-22,28H,2-19,24-25H2,1H3,(H2,32,33,34)/t28-/m1/s1. The molecule has 0 fully saturated rings. The zero-order chi connectivity index (χ0) is 27.2. The topological polar surface area (TPSA) is 99.8 Å². The number of phosphoric acid groups is 1. The van der Waals surface area contributed by atoms with Crippen LogP contribution in [0.25, 0.3) is 0 Å². The number of halogens is 1. The molecule has 212 valence electrons. The second-order valence-corrected chi connectivity index (χ2v) is 11.3. The molecule has 0 heterocycles. The largest absolute Gasteiger partial charge is 0.469 e. The number of ether oxygens (including phenoxy) is 1. The van der Waals surface area contributed by atoms with E-state index in [-0.39, 0.29) is 24.3 Å². The van der Waals surface area contributed by atoms with Gasteiger partial charge in [0.1, 0.15) is 5.82 Å². The Morgan fingerprint density at radius 2 is 1.35 bits per heavy atom. The molecule has 0 bridgehead atoms. The van der Waals surface area contributed by atoms with Gasteiger partial charge in [0, 0.05) is 5.56 Å². The average Bonchev–Trinajstić information content (AvgIpc) is 2.85. The van der Waals surface area contributed by atoms with Crippen LogP contribution >= 0.6 is 7.82 Å². The van der Waals surface area contributed by atoms with Crippen molar-refractivity contribution in [3.8, 4) is 6.07 Å². The van der Waals surface area contributed by atoms with Crippen molar-refractivity contribution in [1.82, 2.24) is 0 Å². The van der Waals surface area contributed by atoms with Gasteiger partial charge in [-0.05, 0) is 18.6 Å². The van der Waals surface area contributed by atoms with E-state index in [9.17, 15) is 18.7 Å². The van der Waals surface area contributed by atoms with E-state index in [1.807, 2.05) is 6.07 Å². The molecular formula is C29H49FNO5P. The summed E-state index contributed by atoms with van der Waals surface area (Å²) in [6.45, 7) is 2.16. The van der Waals surface area contributed by atoms with Gasteiger partial charge in [0.05, 0.1) is 31.0 Å². The molecule has 0 amide bonds. The third-order valence-corrected chi connectivity index (χ3v) is 7.23. The summed E-state index contributed by atoms with van der Waals surface area (Å²) in [7, 11) is -4.64. The number of nitriles is 1. The molecule has 0 aliphatic heterocycles. The van der Waals surface area contributed by atoms with Crippen LogP contribution in [0.2, 0.25) is 0 Å². The first-order chi connectivity index (χ1) is 17.9. The van der Waals surface area contributed by atoms with Gasteiger partial charge in [-0.15, -0.1) is 0 Å². The molecule has 0 unspecified atom stereocenters. The molecule has 1 aromatic carbocycles. The zero-order valence-corrected chi connectivity index (χ0v) is 23.7. The molecule has 0 saturated heterocycles. The third-order valence-electron chi connectivity index (χ3n) is 6.66. The first-order valence-corrected chi connectivity index (χ1v) is 15.9. The Hall–Kier alpha value is -1.29. The Labute approximate surface area is 224 Å². The van der Waals surface area contributed by atoms with E-state index >= 15 is 0 Å². The Balaban J connectivity index is 2.07. The highest BCUT2D eigenvalue weighted by Gasteiger charge is 2.22. The number of hydrogen-bond donors (Lipinski definition) is 2. The molecule has 37 heavy (non-hydrogen) atoms. The van der Waals surface area contributed by atoms with Crippen molar-refractivity contribution in [3.63, 3.8) is 0 Å². The van der Waals surface area contributed by atoms with Gasteiger partial charge in [-0.3, -0.25) is 4.52 Å². The molecule has 0 saturated carbocycles. The molecule has 1 atom stereocenters. The van der Waals surface area contributed by atoms with Crippen molar-refractivity contribution in [3.05, 3.63) is 35.1 Å². The lowest BCUT2D eigenvalue weighted by Crippen LogP contribution is -2.19. The number of rotatable bonds is 24. The van der Waals surface area contributed by atoms with Gasteiger partial charge in [0.15, 0.2) is 0 Å². The van der Waals surface area contributed by atoms with Gasteiger partial charge < -0.3 is 14.5 Å². The predicted octanol–water partition coefficient (Wildman–Crippen LogP) is 8.73. The Bertz CT molecular complexity index is 795. The molecule has 1 aromatic rings. The van der Waals surface area contributed by atoms with Gasteiger partial charge in [0.25, 0.3) is 0 Å². The molecule has 0 aliphatic carbocycles. The number of unbranched alkanes of at least 4 members (excludes halogenated alkanes) is 16. The van der Waals surface area contributed by atoms with E-state index in [1.165, 1.54) is 102 Å². The van der Waals surface area contributed by atoms with Crippen molar-refractivity contribution in [1.29, 1.82) is 5.26 Å². The van der Waals surface area contributed by atoms with Crippen molar-refractivity contribution in [2.45, 2.75) is 135 Å². The molecule has 8 heteroatoms. The fraction of sp³-hybridized carbons (Fsp3) is 0.759. The summed E-state index contributed by atoms with van der Waals surface area (Å²) >= 11 is 0. The first-order valence-electron chi connectivity index (χ1n) is 14.4. The zero-order valence-electron chi connectivity index (χ0n) is 22.8. The predicted molar refractivity (Wildman–Crippen MR) is 146 cm³/mol. The van der Waals surface area contributed by atoms with E-state index < -0.39 is 19.7 Å². The smallest absolute Gasteiger partial charge is 0.374 e. The van der Waals surface area contributed by atoms with Crippen LogP contribution in [0.3, 0.4) is 0 Å². The highest BCUT2D eigenvalue weighted by molar-refractivity contribution is 7.46. The van der Waals surface area contributed by atoms with Crippen LogP contribution in [0.4, 0.5) is 4.39 Å². The van der Waals surface area contributed by atoms with Crippen LogP contribution in [-0.4, -0.2) is 22.5 Å². The molecule has 2 N–H and O–H groups in total. The van der Waals surface area contributed by atoms with E-state index in [4.69, 9.17) is 14.5 Å². The maximum atomic E-state index is 14.0. The summed E-state index contributed by atoms with van der Waals surface area (Å²) in [5.41, 5.74) is 0.509. The molecule has 0 aliphatic rings. The number of benzene rings is 1. The fourth-order valence-electron chi connectivity index (χ4n) is 4.49.